The van der Waals surface area contributed by atoms with Gasteiger partial charge in [0, 0.05) is 49.7 Å². The molecule has 0 amide bonds. The van der Waals surface area contributed by atoms with E-state index in [1.807, 2.05) is 0 Å². The highest BCUT2D eigenvalue weighted by molar-refractivity contribution is 9.15. The zero-order valence-electron chi connectivity index (χ0n) is 7.27. The van der Waals surface area contributed by atoms with Gasteiger partial charge in [0.2, 0.25) is 0 Å². The fourth-order valence-electron chi connectivity index (χ4n) is 1.21. The molecule has 0 unspecified atom stereocenters. The molecule has 0 aliphatic rings. The van der Waals surface area contributed by atoms with Crippen molar-refractivity contribution in [2.75, 3.05) is 0 Å². The first-order valence-corrected chi connectivity index (χ1v) is 8.64. The van der Waals surface area contributed by atoms with E-state index in [0.29, 0.717) is 0 Å². The van der Waals surface area contributed by atoms with E-state index in [4.69, 9.17) is 0 Å². The smallest absolute Gasteiger partial charge is 0.0472 e. The molecule has 82 valence electrons. The van der Waals surface area contributed by atoms with Crippen LogP contribution >= 0.6 is 95.6 Å². The van der Waals surface area contributed by atoms with Crippen LogP contribution < -0.4 is 0 Å². The standard InChI is InChI=1S/C10Br6/c11-4-1-3-2-5(12)8(14)10(16)6(3)9(15)7(4)13. The largest absolute Gasteiger partial charge is 0.0489 e. The highest BCUT2D eigenvalue weighted by Gasteiger charge is 2.15. The van der Waals surface area contributed by atoms with Crippen molar-refractivity contribution < 1.29 is 0 Å². The molecule has 0 spiro atoms. The number of rotatable bonds is 0. The minimum absolute atomic E-state index is 0.865. The van der Waals surface area contributed by atoms with Gasteiger partial charge in [-0.2, -0.15) is 0 Å². The molecule has 0 heterocycles. The number of hydrogen-bond acceptors (Lipinski definition) is 0. The fourth-order valence-corrected chi connectivity index (χ4v) is 4.59. The van der Waals surface area contributed by atoms with Crippen molar-refractivity contribution >= 4 is 106 Å². The summed E-state index contributed by atoms with van der Waals surface area (Å²) in [6.45, 7) is 0. The highest BCUT2D eigenvalue weighted by atomic mass is 79.9. The Kier molecular flexibility index (Phi) is 4.63. The van der Waals surface area contributed by atoms with Gasteiger partial charge in [0.15, 0.2) is 0 Å². The molecule has 2 aromatic rings. The minimum Gasteiger partial charge on any atom is -0.0489 e. The quantitative estimate of drug-likeness (QED) is 0.286. The molecule has 2 radical (unpaired) electrons. The second-order valence-corrected chi connectivity index (χ2v) is 7.64. The van der Waals surface area contributed by atoms with Gasteiger partial charge in [0.05, 0.1) is 0 Å². The van der Waals surface area contributed by atoms with E-state index in [-0.39, 0.29) is 0 Å². The maximum atomic E-state index is 3.56. The zero-order chi connectivity index (χ0) is 12.0. The van der Waals surface area contributed by atoms with E-state index in [1.54, 1.807) is 0 Å². The van der Waals surface area contributed by atoms with Crippen LogP contribution in [0.2, 0.25) is 0 Å². The number of benzene rings is 2. The summed E-state index contributed by atoms with van der Waals surface area (Å²) >= 11 is 21.0. The summed E-state index contributed by atoms with van der Waals surface area (Å²) in [5, 5.41) is 1.91. The summed E-state index contributed by atoms with van der Waals surface area (Å²) in [4.78, 5) is 0. The summed E-state index contributed by atoms with van der Waals surface area (Å²) in [7, 11) is 0. The lowest BCUT2D eigenvalue weighted by Gasteiger charge is -2.09. The Bertz CT molecular complexity index is 541. The van der Waals surface area contributed by atoms with Crippen molar-refractivity contribution in [3.63, 3.8) is 0 Å². The Labute approximate surface area is 143 Å². The first-order chi connectivity index (χ1) is 7.43. The molecular formula is C10Br6. The molecule has 2 rings (SSSR count). The Morgan fingerprint density at radius 2 is 0.938 bits per heavy atom. The predicted molar refractivity (Wildman–Crippen MR) is 87.8 cm³/mol. The van der Waals surface area contributed by atoms with E-state index >= 15 is 0 Å². The Hall–Kier alpha value is 1.58. The van der Waals surface area contributed by atoms with Crippen molar-refractivity contribution in [3.05, 3.63) is 39.0 Å². The van der Waals surface area contributed by atoms with Crippen LogP contribution in [0.25, 0.3) is 10.8 Å². The SMILES string of the molecule is Brc1[c]c2[c]c(Br)c(Br)c(Br)c2c(Br)c1Br. The first kappa shape index (κ1) is 14.0. The van der Waals surface area contributed by atoms with Gasteiger partial charge >= 0.3 is 0 Å². The van der Waals surface area contributed by atoms with E-state index in [1.165, 1.54) is 0 Å². The molecule has 0 aliphatic carbocycles. The van der Waals surface area contributed by atoms with E-state index < -0.39 is 0 Å². The Morgan fingerprint density at radius 3 is 1.31 bits per heavy atom. The van der Waals surface area contributed by atoms with Crippen LogP contribution in [0, 0.1) is 12.1 Å². The molecule has 0 saturated carbocycles. The molecule has 0 fully saturated rings. The van der Waals surface area contributed by atoms with Crippen molar-refractivity contribution in [2.24, 2.45) is 0 Å². The molecule has 0 aliphatic heterocycles. The average Bonchev–Trinajstić information content (AvgIpc) is 2.23. The predicted octanol–water partition coefficient (Wildman–Crippen LogP) is 7.02. The van der Waals surface area contributed by atoms with Crippen LogP contribution in [0.4, 0.5) is 0 Å². The van der Waals surface area contributed by atoms with E-state index in [0.717, 1.165) is 37.6 Å². The van der Waals surface area contributed by atoms with Crippen molar-refractivity contribution in [1.29, 1.82) is 0 Å². The molecule has 2 aromatic carbocycles. The lowest BCUT2D eigenvalue weighted by atomic mass is 10.1. The monoisotopic (exact) mass is 594 g/mol. The highest BCUT2D eigenvalue weighted by Crippen LogP contribution is 2.44. The van der Waals surface area contributed by atoms with Crippen LogP contribution in [-0.4, -0.2) is 0 Å². The fraction of sp³-hybridized carbons (Fsp3) is 0. The molecule has 0 aromatic heterocycles. The number of fused-ring (bicyclic) bond motifs is 1. The normalized spacial score (nSPS) is 11.1. The van der Waals surface area contributed by atoms with E-state index in [2.05, 4.69) is 108 Å². The average molecular weight is 600 g/mol. The van der Waals surface area contributed by atoms with Crippen LogP contribution in [-0.2, 0) is 0 Å². The van der Waals surface area contributed by atoms with Gasteiger partial charge in [-0.15, -0.1) is 0 Å². The molecule has 16 heavy (non-hydrogen) atoms. The Morgan fingerprint density at radius 1 is 0.562 bits per heavy atom. The van der Waals surface area contributed by atoms with Crippen LogP contribution in [0.5, 0.6) is 0 Å². The summed E-state index contributed by atoms with van der Waals surface area (Å²) in [5.41, 5.74) is 0. The molecule has 0 N–H and O–H groups in total. The maximum Gasteiger partial charge on any atom is 0.0472 e. The summed E-state index contributed by atoms with van der Waals surface area (Å²) < 4.78 is 5.52. The molecule has 6 heteroatoms. The van der Waals surface area contributed by atoms with Crippen LogP contribution in [0.1, 0.15) is 0 Å². The number of hydrogen-bond donors (Lipinski definition) is 0. The second kappa shape index (κ2) is 5.29. The van der Waals surface area contributed by atoms with Gasteiger partial charge in [-0.3, -0.25) is 0 Å². The van der Waals surface area contributed by atoms with Crippen molar-refractivity contribution in [2.45, 2.75) is 0 Å². The molecule has 0 atom stereocenters. The Balaban J connectivity index is 3.03. The van der Waals surface area contributed by atoms with E-state index in [9.17, 15) is 0 Å². The van der Waals surface area contributed by atoms with Gasteiger partial charge in [0.1, 0.15) is 0 Å². The van der Waals surface area contributed by atoms with Gasteiger partial charge < -0.3 is 0 Å². The second-order valence-electron chi connectivity index (χ2n) is 2.88. The van der Waals surface area contributed by atoms with Gasteiger partial charge in [0.25, 0.3) is 0 Å². The molecule has 0 nitrogen and oxygen atoms in total. The first-order valence-electron chi connectivity index (χ1n) is 3.88. The van der Waals surface area contributed by atoms with Crippen molar-refractivity contribution in [1.82, 2.24) is 0 Å². The summed E-state index contributed by atoms with van der Waals surface area (Å²) in [6, 6.07) is 6.42. The summed E-state index contributed by atoms with van der Waals surface area (Å²) in [6.07, 6.45) is 0. The molecule has 0 saturated heterocycles. The zero-order valence-corrected chi connectivity index (χ0v) is 16.8. The van der Waals surface area contributed by atoms with Gasteiger partial charge in [-0.25, -0.2) is 0 Å². The van der Waals surface area contributed by atoms with Crippen molar-refractivity contribution in [3.8, 4) is 0 Å². The summed E-state index contributed by atoms with van der Waals surface area (Å²) in [5.74, 6) is 0. The third-order valence-corrected chi connectivity index (χ3v) is 8.42. The lowest BCUT2D eigenvalue weighted by molar-refractivity contribution is 1.52. The minimum atomic E-state index is 0.865. The third kappa shape index (κ3) is 2.35. The van der Waals surface area contributed by atoms with Crippen LogP contribution in [0.3, 0.4) is 0 Å². The van der Waals surface area contributed by atoms with Gasteiger partial charge in [-0.1, -0.05) is 0 Å². The molecular weight excluding hydrogens is 600 g/mol. The third-order valence-electron chi connectivity index (χ3n) is 1.93. The van der Waals surface area contributed by atoms with Gasteiger partial charge in [-0.05, 0) is 95.6 Å². The van der Waals surface area contributed by atoms with Crippen LogP contribution in [0.15, 0.2) is 26.8 Å². The topological polar surface area (TPSA) is 0 Å². The number of halogens is 6. The maximum absolute atomic E-state index is 3.56. The molecule has 0 bridgehead atoms. The lowest BCUT2D eigenvalue weighted by Crippen LogP contribution is -1.84.